The van der Waals surface area contributed by atoms with E-state index in [0.29, 0.717) is 12.4 Å². The van der Waals surface area contributed by atoms with Gasteiger partial charge in [-0.25, -0.2) is 14.8 Å². The molecule has 1 heterocycles. The minimum atomic E-state index is -0.878. The number of hydrogen-bond donors (Lipinski definition) is 2. The second-order valence-electron chi connectivity index (χ2n) is 2.89. The number of carboxylic acid groups (broad SMARTS) is 1. The highest BCUT2D eigenvalue weighted by Crippen LogP contribution is 2.06. The van der Waals surface area contributed by atoms with E-state index in [1.807, 2.05) is 6.26 Å². The molecule has 0 unspecified atom stereocenters. The Morgan fingerprint density at radius 3 is 2.80 bits per heavy atom. The standard InChI is InChI=1S/C9H13N3O2S/c1-15-6-3-7(8(13)14)12-9-10-4-2-5-11-9/h2,4-5,7H,3,6H2,1H3,(H,13,14)(H,10,11,12)/t7-/m0/s1. The molecule has 5 nitrogen and oxygen atoms in total. The first-order valence-electron chi connectivity index (χ1n) is 4.49. The third-order valence-electron chi connectivity index (χ3n) is 1.78. The first-order chi connectivity index (χ1) is 7.24. The zero-order chi connectivity index (χ0) is 11.1. The Labute approximate surface area is 92.3 Å². The topological polar surface area (TPSA) is 75.1 Å². The van der Waals surface area contributed by atoms with Gasteiger partial charge in [0.15, 0.2) is 0 Å². The number of aromatic nitrogens is 2. The number of carbonyl (C=O) groups is 1. The molecule has 1 aromatic rings. The maximum Gasteiger partial charge on any atom is 0.326 e. The molecule has 0 radical (unpaired) electrons. The second-order valence-corrected chi connectivity index (χ2v) is 3.87. The number of carboxylic acids is 1. The average Bonchev–Trinajstić information content (AvgIpc) is 2.25. The van der Waals surface area contributed by atoms with Crippen LogP contribution >= 0.6 is 11.8 Å². The Hall–Kier alpha value is -1.30. The van der Waals surface area contributed by atoms with E-state index in [0.717, 1.165) is 5.75 Å². The summed E-state index contributed by atoms with van der Waals surface area (Å²) >= 11 is 1.61. The van der Waals surface area contributed by atoms with Gasteiger partial charge in [-0.1, -0.05) is 0 Å². The number of nitrogens with zero attached hydrogens (tertiary/aromatic N) is 2. The van der Waals surface area contributed by atoms with Crippen molar-refractivity contribution >= 4 is 23.7 Å². The molecular formula is C9H13N3O2S. The summed E-state index contributed by atoms with van der Waals surface area (Å²) in [4.78, 5) is 18.7. The summed E-state index contributed by atoms with van der Waals surface area (Å²) < 4.78 is 0. The molecule has 0 amide bonds. The van der Waals surface area contributed by atoms with E-state index in [1.54, 1.807) is 30.2 Å². The molecule has 0 aromatic carbocycles. The number of thioether (sulfide) groups is 1. The van der Waals surface area contributed by atoms with Gasteiger partial charge in [0, 0.05) is 12.4 Å². The molecule has 0 aliphatic rings. The molecule has 15 heavy (non-hydrogen) atoms. The quantitative estimate of drug-likeness (QED) is 0.758. The molecule has 1 aromatic heterocycles. The van der Waals surface area contributed by atoms with E-state index in [-0.39, 0.29) is 0 Å². The van der Waals surface area contributed by atoms with Crippen LogP contribution in [0.15, 0.2) is 18.5 Å². The van der Waals surface area contributed by atoms with Gasteiger partial charge < -0.3 is 10.4 Å². The fraction of sp³-hybridized carbons (Fsp3) is 0.444. The lowest BCUT2D eigenvalue weighted by molar-refractivity contribution is -0.137. The van der Waals surface area contributed by atoms with Crippen molar-refractivity contribution < 1.29 is 9.90 Å². The highest BCUT2D eigenvalue weighted by molar-refractivity contribution is 7.98. The number of nitrogens with one attached hydrogen (secondary N) is 1. The molecule has 0 saturated carbocycles. The zero-order valence-electron chi connectivity index (χ0n) is 8.38. The van der Waals surface area contributed by atoms with Crippen LogP contribution in [0.2, 0.25) is 0 Å². The summed E-state index contributed by atoms with van der Waals surface area (Å²) in [5, 5.41) is 11.7. The largest absolute Gasteiger partial charge is 0.480 e. The van der Waals surface area contributed by atoms with Crippen LogP contribution in [0, 0.1) is 0 Å². The fourth-order valence-electron chi connectivity index (χ4n) is 1.02. The molecule has 2 N–H and O–H groups in total. The predicted octanol–water partition coefficient (Wildman–Crippen LogP) is 1.09. The molecular weight excluding hydrogens is 214 g/mol. The summed E-state index contributed by atoms with van der Waals surface area (Å²) in [7, 11) is 0. The van der Waals surface area contributed by atoms with Gasteiger partial charge in [0.1, 0.15) is 6.04 Å². The van der Waals surface area contributed by atoms with Gasteiger partial charge in [-0.2, -0.15) is 11.8 Å². The number of anilines is 1. The normalized spacial score (nSPS) is 12.1. The summed E-state index contributed by atoms with van der Waals surface area (Å²) in [6.07, 6.45) is 5.64. The molecule has 0 spiro atoms. The lowest BCUT2D eigenvalue weighted by Crippen LogP contribution is -2.30. The van der Waals surface area contributed by atoms with E-state index >= 15 is 0 Å². The van der Waals surface area contributed by atoms with Gasteiger partial charge in [-0.05, 0) is 24.5 Å². The van der Waals surface area contributed by atoms with Crippen molar-refractivity contribution in [2.45, 2.75) is 12.5 Å². The Bertz CT molecular complexity index is 307. The lowest BCUT2D eigenvalue weighted by Gasteiger charge is -2.12. The Balaban J connectivity index is 2.55. The van der Waals surface area contributed by atoms with Crippen molar-refractivity contribution in [3.05, 3.63) is 18.5 Å². The molecule has 6 heteroatoms. The molecule has 0 aliphatic heterocycles. The molecule has 0 fully saturated rings. The first-order valence-corrected chi connectivity index (χ1v) is 5.88. The average molecular weight is 227 g/mol. The van der Waals surface area contributed by atoms with Gasteiger partial charge in [0.05, 0.1) is 0 Å². The van der Waals surface area contributed by atoms with Crippen LogP contribution < -0.4 is 5.32 Å². The SMILES string of the molecule is CSCC[C@H](Nc1ncccn1)C(=O)O. The highest BCUT2D eigenvalue weighted by atomic mass is 32.2. The van der Waals surface area contributed by atoms with Gasteiger partial charge in [0.2, 0.25) is 5.95 Å². The second kappa shape index (κ2) is 6.23. The maximum absolute atomic E-state index is 10.9. The van der Waals surface area contributed by atoms with Gasteiger partial charge >= 0.3 is 5.97 Å². The summed E-state index contributed by atoms with van der Waals surface area (Å²) in [5.41, 5.74) is 0. The summed E-state index contributed by atoms with van der Waals surface area (Å²) in [5.74, 6) is 0.263. The van der Waals surface area contributed by atoms with E-state index in [9.17, 15) is 4.79 Å². The van der Waals surface area contributed by atoms with Crippen molar-refractivity contribution in [1.82, 2.24) is 9.97 Å². The third-order valence-corrected chi connectivity index (χ3v) is 2.42. The van der Waals surface area contributed by atoms with E-state index in [1.165, 1.54) is 0 Å². The Morgan fingerprint density at radius 2 is 2.27 bits per heavy atom. The minimum Gasteiger partial charge on any atom is -0.480 e. The predicted molar refractivity (Wildman–Crippen MR) is 60.1 cm³/mol. The zero-order valence-corrected chi connectivity index (χ0v) is 9.20. The molecule has 1 rings (SSSR count). The van der Waals surface area contributed by atoms with E-state index in [2.05, 4.69) is 15.3 Å². The lowest BCUT2D eigenvalue weighted by atomic mass is 10.2. The first kappa shape index (κ1) is 11.8. The molecule has 82 valence electrons. The minimum absolute atomic E-state index is 0.353. The third kappa shape index (κ3) is 4.16. The number of aliphatic carboxylic acids is 1. The fourth-order valence-corrected chi connectivity index (χ4v) is 1.49. The molecule has 0 bridgehead atoms. The number of rotatable bonds is 6. The molecule has 0 saturated heterocycles. The van der Waals surface area contributed by atoms with Crippen LogP contribution in [-0.2, 0) is 4.79 Å². The van der Waals surface area contributed by atoms with Crippen LogP contribution in [0.5, 0.6) is 0 Å². The summed E-state index contributed by atoms with van der Waals surface area (Å²) in [6.45, 7) is 0. The molecule has 0 aliphatic carbocycles. The van der Waals surface area contributed by atoms with E-state index in [4.69, 9.17) is 5.11 Å². The van der Waals surface area contributed by atoms with Crippen LogP contribution in [0.1, 0.15) is 6.42 Å². The highest BCUT2D eigenvalue weighted by Gasteiger charge is 2.17. The van der Waals surface area contributed by atoms with Gasteiger partial charge in [0.25, 0.3) is 0 Å². The van der Waals surface area contributed by atoms with Crippen LogP contribution in [0.4, 0.5) is 5.95 Å². The van der Waals surface area contributed by atoms with E-state index < -0.39 is 12.0 Å². The van der Waals surface area contributed by atoms with Crippen molar-refractivity contribution in [3.63, 3.8) is 0 Å². The van der Waals surface area contributed by atoms with Crippen LogP contribution in [0.25, 0.3) is 0 Å². The van der Waals surface area contributed by atoms with Gasteiger partial charge in [-0.3, -0.25) is 0 Å². The van der Waals surface area contributed by atoms with Crippen molar-refractivity contribution in [2.75, 3.05) is 17.3 Å². The van der Waals surface area contributed by atoms with Crippen molar-refractivity contribution in [2.24, 2.45) is 0 Å². The van der Waals surface area contributed by atoms with Crippen molar-refractivity contribution in [3.8, 4) is 0 Å². The molecule has 1 atom stereocenters. The maximum atomic E-state index is 10.9. The van der Waals surface area contributed by atoms with Gasteiger partial charge in [-0.15, -0.1) is 0 Å². The summed E-state index contributed by atoms with van der Waals surface area (Å²) in [6, 6.07) is 1.06. The van der Waals surface area contributed by atoms with Crippen LogP contribution in [-0.4, -0.2) is 39.1 Å². The monoisotopic (exact) mass is 227 g/mol. The van der Waals surface area contributed by atoms with Crippen molar-refractivity contribution in [1.29, 1.82) is 0 Å². The Kier molecular flexibility index (Phi) is 4.89. The Morgan fingerprint density at radius 1 is 1.60 bits per heavy atom. The smallest absolute Gasteiger partial charge is 0.326 e. The number of hydrogen-bond acceptors (Lipinski definition) is 5. The van der Waals surface area contributed by atoms with Crippen LogP contribution in [0.3, 0.4) is 0 Å².